The Morgan fingerprint density at radius 3 is 1.71 bits per heavy atom. The zero-order chi connectivity index (χ0) is 38.7. The molecule has 8 rings (SSSR count). The van der Waals surface area contributed by atoms with Gasteiger partial charge in [-0.1, -0.05) is 175 Å². The first-order valence-electron chi connectivity index (χ1n) is 19.3. The predicted octanol–water partition coefficient (Wildman–Crippen LogP) is 15.1. The van der Waals surface area contributed by atoms with Gasteiger partial charge in [0.1, 0.15) is 0 Å². The van der Waals surface area contributed by atoms with Crippen LogP contribution in [0.3, 0.4) is 0 Å². The quantitative estimate of drug-likeness (QED) is 0.125. The van der Waals surface area contributed by atoms with E-state index < -0.39 is 0 Å². The van der Waals surface area contributed by atoms with Gasteiger partial charge in [0.2, 0.25) is 0 Å². The van der Waals surface area contributed by atoms with Gasteiger partial charge in [0, 0.05) is 44.8 Å². The van der Waals surface area contributed by atoms with E-state index in [2.05, 4.69) is 181 Å². The molecule has 0 spiro atoms. The molecule has 0 atom stereocenters. The van der Waals surface area contributed by atoms with Crippen LogP contribution in [0.25, 0.3) is 66.0 Å². The Bertz CT molecular complexity index is 2690. The van der Waals surface area contributed by atoms with Gasteiger partial charge in [-0.2, -0.15) is 0 Å². The molecule has 0 unspecified atom stereocenters. The molecule has 0 saturated heterocycles. The van der Waals surface area contributed by atoms with Crippen LogP contribution in [0.5, 0.6) is 0 Å². The summed E-state index contributed by atoms with van der Waals surface area (Å²) in [4.78, 5) is 0. The Morgan fingerprint density at radius 2 is 1.07 bits per heavy atom. The van der Waals surface area contributed by atoms with Crippen LogP contribution < -0.4 is 0 Å². The Kier molecular flexibility index (Phi) is 12.4. The van der Waals surface area contributed by atoms with Gasteiger partial charge in [0.15, 0.2) is 0 Å². The summed E-state index contributed by atoms with van der Waals surface area (Å²) in [5.74, 6) is 0. The molecule has 2 nitrogen and oxygen atoms in total. The van der Waals surface area contributed by atoms with E-state index in [1.54, 1.807) is 6.08 Å². The maximum atomic E-state index is 4.41. The molecule has 0 aliphatic carbocycles. The summed E-state index contributed by atoms with van der Waals surface area (Å²) in [6.07, 6.45) is 12.1. The minimum atomic E-state index is 0.681. The van der Waals surface area contributed by atoms with Crippen molar-refractivity contribution >= 4 is 49.2 Å². The molecule has 272 valence electrons. The van der Waals surface area contributed by atoms with Gasteiger partial charge in [-0.3, -0.25) is 0 Å². The molecule has 0 aliphatic heterocycles. The molecule has 55 heavy (non-hydrogen) atoms. The zero-order valence-corrected chi connectivity index (χ0v) is 32.5. The second-order valence-corrected chi connectivity index (χ2v) is 12.7. The fourth-order valence-corrected chi connectivity index (χ4v) is 7.25. The third kappa shape index (κ3) is 7.72. The first-order valence-corrected chi connectivity index (χ1v) is 19.3. The van der Waals surface area contributed by atoms with Crippen LogP contribution >= 0.6 is 0 Å². The van der Waals surface area contributed by atoms with E-state index in [1.165, 1.54) is 60.4 Å². The number of fused-ring (bicyclic) bond motifs is 6. The second kappa shape index (κ2) is 17.9. The lowest BCUT2D eigenvalue weighted by atomic mass is 9.99. The summed E-state index contributed by atoms with van der Waals surface area (Å²) in [6, 6.07) is 52.1. The Labute approximate surface area is 326 Å². The summed E-state index contributed by atoms with van der Waals surface area (Å²) in [5, 5.41) is 4.98. The lowest BCUT2D eigenvalue weighted by Crippen LogP contribution is -1.97. The van der Waals surface area contributed by atoms with E-state index in [1.807, 2.05) is 52.0 Å². The fraction of sp³-hybridized carbons (Fsp3) is 0.0943. The van der Waals surface area contributed by atoms with Crippen molar-refractivity contribution in [2.45, 2.75) is 34.2 Å². The van der Waals surface area contributed by atoms with Crippen LogP contribution in [0.15, 0.2) is 213 Å². The third-order valence-corrected chi connectivity index (χ3v) is 9.73. The highest BCUT2D eigenvalue weighted by atomic mass is 15.0. The molecule has 0 amide bonds. The van der Waals surface area contributed by atoms with Gasteiger partial charge in [-0.05, 0) is 88.0 Å². The molecule has 0 saturated carbocycles. The number of benzene rings is 6. The van der Waals surface area contributed by atoms with Crippen LogP contribution in [0.1, 0.15) is 33.3 Å². The maximum absolute atomic E-state index is 4.41. The summed E-state index contributed by atoms with van der Waals surface area (Å²) >= 11 is 0. The van der Waals surface area contributed by atoms with Crippen molar-refractivity contribution in [2.24, 2.45) is 0 Å². The number of nitrogens with zero attached hydrogens (tertiary/aromatic N) is 2. The molecule has 6 aromatic carbocycles. The number of hydrogen-bond acceptors (Lipinski definition) is 0. The standard InChI is InChI=1S/C49H38N2.2C2H6/c1-4-6-17-35(3)38(32-36(5-2)37-18-9-7-10-19-37)30-31-50-46-24-15-13-22-42(46)44-33-39(26-28-47(44)50)40-27-29-49-45(34-40)43-23-14-16-25-48(43)51(49)41-20-11-8-12-21-41;2*1-2/h4-30,32-34H,1-3,31H2;2*1-2H3/b17-6-,36-32+,38-30+;;. The van der Waals surface area contributed by atoms with Crippen LogP contribution in [-0.2, 0) is 6.54 Å². The van der Waals surface area contributed by atoms with Crippen molar-refractivity contribution in [2.75, 3.05) is 0 Å². The lowest BCUT2D eigenvalue weighted by molar-refractivity contribution is 0.895. The molecule has 0 aliphatic rings. The molecule has 8 aromatic rings. The summed E-state index contributed by atoms with van der Waals surface area (Å²) < 4.78 is 4.77. The third-order valence-electron chi connectivity index (χ3n) is 9.73. The van der Waals surface area contributed by atoms with E-state index in [-0.39, 0.29) is 0 Å². The summed E-state index contributed by atoms with van der Waals surface area (Å²) in [7, 11) is 0. The monoisotopic (exact) mass is 714 g/mol. The van der Waals surface area contributed by atoms with E-state index in [0.29, 0.717) is 6.54 Å². The van der Waals surface area contributed by atoms with E-state index in [0.717, 1.165) is 22.3 Å². The highest BCUT2D eigenvalue weighted by Gasteiger charge is 2.15. The Morgan fingerprint density at radius 1 is 0.564 bits per heavy atom. The Balaban J connectivity index is 0.00000125. The van der Waals surface area contributed by atoms with Gasteiger partial charge >= 0.3 is 0 Å². The highest BCUT2D eigenvalue weighted by molar-refractivity contribution is 6.12. The van der Waals surface area contributed by atoms with Gasteiger partial charge in [0.25, 0.3) is 0 Å². The molecular weight excluding hydrogens is 665 g/mol. The largest absolute Gasteiger partial charge is 0.337 e. The average molecular weight is 715 g/mol. The van der Waals surface area contributed by atoms with Crippen LogP contribution in [-0.4, -0.2) is 9.13 Å². The number of allylic oxidation sites excluding steroid dienone is 9. The topological polar surface area (TPSA) is 9.86 Å². The van der Waals surface area contributed by atoms with Crippen molar-refractivity contribution in [3.05, 3.63) is 218 Å². The summed E-state index contributed by atoms with van der Waals surface area (Å²) in [5.41, 5.74) is 12.5. The summed E-state index contributed by atoms with van der Waals surface area (Å²) in [6.45, 7) is 21.1. The van der Waals surface area contributed by atoms with Crippen LogP contribution in [0.2, 0.25) is 0 Å². The van der Waals surface area contributed by atoms with E-state index >= 15 is 0 Å². The van der Waals surface area contributed by atoms with E-state index in [9.17, 15) is 0 Å². The van der Waals surface area contributed by atoms with Gasteiger partial charge in [-0.15, -0.1) is 0 Å². The number of hydrogen-bond donors (Lipinski definition) is 0. The molecule has 0 fully saturated rings. The first kappa shape index (κ1) is 38.1. The molecule has 2 heterocycles. The smallest absolute Gasteiger partial charge is 0.0541 e. The van der Waals surface area contributed by atoms with Crippen LogP contribution in [0, 0.1) is 0 Å². The van der Waals surface area contributed by atoms with E-state index in [4.69, 9.17) is 0 Å². The van der Waals surface area contributed by atoms with Crippen LogP contribution in [0.4, 0.5) is 0 Å². The average Bonchev–Trinajstić information content (AvgIpc) is 3.76. The van der Waals surface area contributed by atoms with Crippen molar-refractivity contribution in [1.29, 1.82) is 0 Å². The number of aromatic nitrogens is 2. The first-order chi connectivity index (χ1) is 27.1. The van der Waals surface area contributed by atoms with Gasteiger partial charge in [0.05, 0.1) is 11.0 Å². The van der Waals surface area contributed by atoms with Crippen molar-refractivity contribution < 1.29 is 0 Å². The van der Waals surface area contributed by atoms with Crippen molar-refractivity contribution in [1.82, 2.24) is 9.13 Å². The molecule has 2 heteroatoms. The maximum Gasteiger partial charge on any atom is 0.0541 e. The SMILES string of the molecule is C=C/C=C\C(=C)C(=C/Cn1c2ccccc2c2cc(-c3ccc4c(c3)c3ccccc3n4-c3ccccc3)ccc21)/C=C(\C=C)c1ccccc1.CC.CC. The zero-order valence-electron chi connectivity index (χ0n) is 32.5. The highest BCUT2D eigenvalue weighted by Crippen LogP contribution is 2.37. The minimum absolute atomic E-state index is 0.681. The van der Waals surface area contributed by atoms with Gasteiger partial charge in [-0.25, -0.2) is 0 Å². The van der Waals surface area contributed by atoms with Crippen molar-refractivity contribution in [3.8, 4) is 16.8 Å². The van der Waals surface area contributed by atoms with Crippen molar-refractivity contribution in [3.63, 3.8) is 0 Å². The number of rotatable bonds is 10. The molecular formula is C53H50N2. The normalized spacial score (nSPS) is 11.7. The molecule has 0 N–H and O–H groups in total. The lowest BCUT2D eigenvalue weighted by Gasteiger charge is -2.10. The molecule has 2 aromatic heterocycles. The predicted molar refractivity (Wildman–Crippen MR) is 243 cm³/mol. The minimum Gasteiger partial charge on any atom is -0.337 e. The molecule has 0 radical (unpaired) electrons. The Hall–Kier alpha value is -6.64. The number of para-hydroxylation sites is 3. The second-order valence-electron chi connectivity index (χ2n) is 12.7. The van der Waals surface area contributed by atoms with Gasteiger partial charge < -0.3 is 9.13 Å². The molecule has 0 bridgehead atoms. The fourth-order valence-electron chi connectivity index (χ4n) is 7.25.